The van der Waals surface area contributed by atoms with E-state index in [1.54, 1.807) is 6.92 Å². The zero-order valence-electron chi connectivity index (χ0n) is 15.9. The lowest BCUT2D eigenvalue weighted by molar-refractivity contribution is -0.143. The Morgan fingerprint density at radius 2 is 1.83 bits per heavy atom. The van der Waals surface area contributed by atoms with E-state index in [4.69, 9.17) is 4.74 Å². The number of halogens is 2. The maximum atomic E-state index is 14.4. The van der Waals surface area contributed by atoms with Crippen LogP contribution < -0.4 is 4.80 Å². The molecule has 2 aromatic carbocycles. The Morgan fingerprint density at radius 1 is 1.17 bits per heavy atom. The van der Waals surface area contributed by atoms with Crippen molar-refractivity contribution < 1.29 is 31.5 Å². The Labute approximate surface area is 174 Å². The zero-order valence-corrected chi connectivity index (χ0v) is 17.5. The standard InChI is InChI=1S/C19H16F2N2O5S2/c1-3-28-16(24)10-23-17-14(21)8-12(20)9-15(17)29-19(23)22-18(25)11-4-6-13(7-5-11)30(2,26)27/h4-9H,3,10H2,1-2H3. The largest absolute Gasteiger partial charge is 0.465 e. The number of hydrogen-bond acceptors (Lipinski definition) is 6. The molecule has 11 heteroatoms. The number of hydrogen-bond donors (Lipinski definition) is 0. The summed E-state index contributed by atoms with van der Waals surface area (Å²) in [6.07, 6.45) is 1.04. The van der Waals surface area contributed by atoms with E-state index < -0.39 is 39.9 Å². The van der Waals surface area contributed by atoms with Gasteiger partial charge in [0.25, 0.3) is 5.91 Å². The summed E-state index contributed by atoms with van der Waals surface area (Å²) in [6.45, 7) is 1.30. The number of carbonyl (C=O) groups excluding carboxylic acids is 2. The summed E-state index contributed by atoms with van der Waals surface area (Å²) in [5.74, 6) is -3.12. The van der Waals surface area contributed by atoms with Crippen molar-refractivity contribution in [2.75, 3.05) is 12.9 Å². The molecule has 0 saturated carbocycles. The summed E-state index contributed by atoms with van der Waals surface area (Å²) < 4.78 is 57.3. The topological polar surface area (TPSA) is 94.8 Å². The number of sulfone groups is 1. The number of esters is 1. The second-order valence-corrected chi connectivity index (χ2v) is 9.25. The molecule has 0 aliphatic rings. The third-order valence-electron chi connectivity index (χ3n) is 4.01. The minimum Gasteiger partial charge on any atom is -0.465 e. The molecule has 0 aliphatic heterocycles. The van der Waals surface area contributed by atoms with Crippen molar-refractivity contribution in [1.82, 2.24) is 4.57 Å². The highest BCUT2D eigenvalue weighted by Gasteiger charge is 2.17. The molecule has 1 heterocycles. The van der Waals surface area contributed by atoms with Gasteiger partial charge in [-0.1, -0.05) is 11.3 Å². The predicted molar refractivity (Wildman–Crippen MR) is 106 cm³/mol. The van der Waals surface area contributed by atoms with Gasteiger partial charge >= 0.3 is 5.97 Å². The first kappa shape index (κ1) is 21.8. The quantitative estimate of drug-likeness (QED) is 0.553. The zero-order chi connectivity index (χ0) is 22.1. The van der Waals surface area contributed by atoms with Crippen LogP contribution in [-0.4, -0.2) is 37.7 Å². The molecular formula is C19H16F2N2O5S2. The maximum absolute atomic E-state index is 14.4. The molecule has 0 unspecified atom stereocenters. The van der Waals surface area contributed by atoms with Gasteiger partial charge in [-0.2, -0.15) is 4.99 Å². The van der Waals surface area contributed by atoms with Crippen LogP contribution in [0.2, 0.25) is 0 Å². The van der Waals surface area contributed by atoms with Crippen LogP contribution in [0.25, 0.3) is 10.2 Å². The summed E-state index contributed by atoms with van der Waals surface area (Å²) in [7, 11) is -3.43. The molecule has 0 fully saturated rings. The lowest BCUT2D eigenvalue weighted by Crippen LogP contribution is -2.23. The fraction of sp³-hybridized carbons (Fsp3) is 0.211. The van der Waals surface area contributed by atoms with E-state index in [-0.39, 0.29) is 32.1 Å². The minimum absolute atomic E-state index is 0.0280. The minimum atomic E-state index is -3.43. The Hall–Kier alpha value is -2.92. The number of aromatic nitrogens is 1. The molecule has 158 valence electrons. The number of amides is 1. The molecule has 3 aromatic rings. The van der Waals surface area contributed by atoms with Crippen molar-refractivity contribution in [2.24, 2.45) is 4.99 Å². The average molecular weight is 454 g/mol. The van der Waals surface area contributed by atoms with Crippen LogP contribution in [0.1, 0.15) is 17.3 Å². The fourth-order valence-electron chi connectivity index (χ4n) is 2.69. The van der Waals surface area contributed by atoms with Crippen LogP contribution >= 0.6 is 11.3 Å². The summed E-state index contributed by atoms with van der Waals surface area (Å²) in [6, 6.07) is 6.88. The van der Waals surface area contributed by atoms with E-state index in [1.807, 2.05) is 0 Å². The van der Waals surface area contributed by atoms with Gasteiger partial charge < -0.3 is 9.30 Å². The SMILES string of the molecule is CCOC(=O)Cn1c(=NC(=O)c2ccc(S(C)(=O)=O)cc2)sc2cc(F)cc(F)c21. The third-order valence-corrected chi connectivity index (χ3v) is 6.17. The smallest absolute Gasteiger partial charge is 0.326 e. The lowest BCUT2D eigenvalue weighted by Gasteiger charge is -2.06. The first-order valence-corrected chi connectivity index (χ1v) is 11.3. The third kappa shape index (κ3) is 4.62. The molecule has 1 aromatic heterocycles. The molecule has 0 radical (unpaired) electrons. The summed E-state index contributed by atoms with van der Waals surface area (Å²) in [5.41, 5.74) is 0.0163. The summed E-state index contributed by atoms with van der Waals surface area (Å²) in [5, 5.41) is 0. The molecule has 1 amide bonds. The van der Waals surface area contributed by atoms with Gasteiger partial charge in [0, 0.05) is 17.9 Å². The van der Waals surface area contributed by atoms with Gasteiger partial charge in [-0.25, -0.2) is 17.2 Å². The van der Waals surface area contributed by atoms with Crippen molar-refractivity contribution in [3.8, 4) is 0 Å². The van der Waals surface area contributed by atoms with Crippen molar-refractivity contribution in [3.63, 3.8) is 0 Å². The normalized spacial score (nSPS) is 12.3. The van der Waals surface area contributed by atoms with E-state index in [9.17, 15) is 26.8 Å². The molecule has 30 heavy (non-hydrogen) atoms. The maximum Gasteiger partial charge on any atom is 0.326 e. The van der Waals surface area contributed by atoms with E-state index in [2.05, 4.69) is 4.99 Å². The Balaban J connectivity index is 2.11. The molecule has 7 nitrogen and oxygen atoms in total. The first-order valence-electron chi connectivity index (χ1n) is 8.63. The Bertz CT molecular complexity index is 1310. The van der Waals surface area contributed by atoms with Gasteiger partial charge in [-0.3, -0.25) is 9.59 Å². The number of fused-ring (bicyclic) bond motifs is 1. The molecule has 0 N–H and O–H groups in total. The Morgan fingerprint density at radius 3 is 2.43 bits per heavy atom. The Kier molecular flexibility index (Phi) is 6.13. The highest BCUT2D eigenvalue weighted by molar-refractivity contribution is 7.90. The lowest BCUT2D eigenvalue weighted by atomic mass is 10.2. The molecule has 0 spiro atoms. The number of carbonyl (C=O) groups is 2. The van der Waals surface area contributed by atoms with Gasteiger partial charge in [0.15, 0.2) is 20.5 Å². The van der Waals surface area contributed by atoms with Crippen molar-refractivity contribution in [1.29, 1.82) is 0 Å². The average Bonchev–Trinajstić information content (AvgIpc) is 2.98. The second-order valence-electron chi connectivity index (χ2n) is 6.22. The fourth-order valence-corrected chi connectivity index (χ4v) is 4.39. The van der Waals surface area contributed by atoms with E-state index in [0.717, 1.165) is 28.2 Å². The van der Waals surface area contributed by atoms with Gasteiger partial charge in [-0.05, 0) is 37.3 Å². The van der Waals surface area contributed by atoms with Crippen LogP contribution in [0.15, 0.2) is 46.3 Å². The second kappa shape index (κ2) is 8.44. The first-order chi connectivity index (χ1) is 14.1. The molecule has 0 bridgehead atoms. The van der Waals surface area contributed by atoms with Gasteiger partial charge in [0.1, 0.15) is 12.4 Å². The molecule has 3 rings (SSSR count). The highest BCUT2D eigenvalue weighted by Crippen LogP contribution is 2.22. The van der Waals surface area contributed by atoms with Crippen LogP contribution in [0.4, 0.5) is 8.78 Å². The van der Waals surface area contributed by atoms with E-state index >= 15 is 0 Å². The number of thiazole rings is 1. The molecular weight excluding hydrogens is 438 g/mol. The highest BCUT2D eigenvalue weighted by atomic mass is 32.2. The van der Waals surface area contributed by atoms with E-state index in [1.165, 1.54) is 24.3 Å². The van der Waals surface area contributed by atoms with Crippen LogP contribution in [0.3, 0.4) is 0 Å². The number of ether oxygens (including phenoxy) is 1. The molecule has 0 atom stereocenters. The van der Waals surface area contributed by atoms with Crippen LogP contribution in [-0.2, 0) is 25.9 Å². The monoisotopic (exact) mass is 454 g/mol. The molecule has 0 saturated heterocycles. The van der Waals surface area contributed by atoms with Crippen molar-refractivity contribution in [2.45, 2.75) is 18.4 Å². The van der Waals surface area contributed by atoms with Crippen molar-refractivity contribution >= 4 is 43.3 Å². The number of rotatable bonds is 5. The van der Waals surface area contributed by atoms with Crippen molar-refractivity contribution in [3.05, 3.63) is 58.4 Å². The molecule has 0 aliphatic carbocycles. The van der Waals surface area contributed by atoms with Crippen LogP contribution in [0.5, 0.6) is 0 Å². The number of benzene rings is 2. The summed E-state index contributed by atoms with van der Waals surface area (Å²) in [4.78, 5) is 28.5. The number of nitrogens with zero attached hydrogens (tertiary/aromatic N) is 2. The van der Waals surface area contributed by atoms with Gasteiger partial charge in [0.05, 0.1) is 21.7 Å². The van der Waals surface area contributed by atoms with E-state index in [0.29, 0.717) is 6.07 Å². The summed E-state index contributed by atoms with van der Waals surface area (Å²) >= 11 is 0.835. The van der Waals surface area contributed by atoms with Crippen LogP contribution in [0, 0.1) is 11.6 Å². The van der Waals surface area contributed by atoms with Gasteiger partial charge in [-0.15, -0.1) is 0 Å². The predicted octanol–water partition coefficient (Wildman–Crippen LogP) is 2.69. The van der Waals surface area contributed by atoms with Gasteiger partial charge in [0.2, 0.25) is 0 Å².